The smallest absolute Gasteiger partial charge is 0.273 e. The second-order valence-electron chi connectivity index (χ2n) is 10.7. The molecule has 4 aromatic carbocycles. The van der Waals surface area contributed by atoms with Gasteiger partial charge in [0.1, 0.15) is 29.5 Å². The Kier molecular flexibility index (Phi) is 8.17. The molecule has 0 aliphatic carbocycles. The number of nitrogens with zero attached hydrogens (tertiary/aromatic N) is 2. The van der Waals surface area contributed by atoms with Crippen molar-refractivity contribution in [2.45, 2.75) is 26.0 Å². The van der Waals surface area contributed by atoms with Gasteiger partial charge in [-0.3, -0.25) is 9.89 Å². The first-order chi connectivity index (χ1) is 21.4. The average Bonchev–Trinajstić information content (AvgIpc) is 3.59. The number of hydrogen-bond donors (Lipinski definition) is 2. The molecule has 6 rings (SSSR count). The fraction of sp³-hybridized carbons (Fsp3) is 0.200. The molecule has 1 aliphatic rings. The molecule has 0 fully saturated rings. The minimum Gasteiger partial charge on any atom is -0.507 e. The molecule has 0 bridgehead atoms. The molecule has 0 spiro atoms. The van der Waals surface area contributed by atoms with Crippen LogP contribution in [-0.4, -0.2) is 46.9 Å². The van der Waals surface area contributed by atoms with Crippen molar-refractivity contribution in [2.24, 2.45) is 0 Å². The molecule has 5 aromatic rings. The van der Waals surface area contributed by atoms with Gasteiger partial charge in [-0.25, -0.2) is 0 Å². The Labute approximate surface area is 260 Å². The number of carbonyl (C=O) groups excluding carboxylic acids is 1. The first-order valence-electron chi connectivity index (χ1n) is 14.2. The number of amides is 1. The number of phenolic OH excluding ortho intramolecular Hbond substituents is 1. The van der Waals surface area contributed by atoms with Crippen LogP contribution >= 0.6 is 11.6 Å². The number of rotatable bonds is 10. The number of aromatic amines is 1. The number of fused-ring (bicyclic) bond motifs is 1. The number of ether oxygens (including phenoxy) is 3. The number of aromatic hydroxyl groups is 1. The molecule has 8 nitrogen and oxygen atoms in total. The fourth-order valence-electron chi connectivity index (χ4n) is 5.64. The Bertz CT molecular complexity index is 1820. The van der Waals surface area contributed by atoms with Gasteiger partial charge in [0.2, 0.25) is 0 Å². The molecule has 2 N–H and O–H groups in total. The van der Waals surface area contributed by atoms with Crippen molar-refractivity contribution < 1.29 is 24.1 Å². The number of benzene rings is 4. The second-order valence-corrected chi connectivity index (χ2v) is 11.1. The van der Waals surface area contributed by atoms with Crippen molar-refractivity contribution in [3.63, 3.8) is 0 Å². The Hall–Kier alpha value is -4.95. The van der Waals surface area contributed by atoms with E-state index in [1.807, 2.05) is 84.6 Å². The summed E-state index contributed by atoms with van der Waals surface area (Å²) in [6.07, 6.45) is 0.571. The summed E-state index contributed by atoms with van der Waals surface area (Å²) in [5.74, 6) is 1.80. The molecule has 44 heavy (non-hydrogen) atoms. The quantitative estimate of drug-likeness (QED) is 0.175. The van der Waals surface area contributed by atoms with Gasteiger partial charge in [0.25, 0.3) is 5.91 Å². The lowest BCUT2D eigenvalue weighted by Gasteiger charge is -2.27. The Morgan fingerprint density at radius 3 is 2.50 bits per heavy atom. The van der Waals surface area contributed by atoms with Gasteiger partial charge in [0, 0.05) is 22.7 Å². The highest BCUT2D eigenvalue weighted by Crippen LogP contribution is 2.46. The van der Waals surface area contributed by atoms with Crippen LogP contribution in [0.25, 0.3) is 11.3 Å². The number of nitrogens with one attached hydrogen (secondary N) is 1. The van der Waals surface area contributed by atoms with Gasteiger partial charge in [0.15, 0.2) is 11.5 Å². The lowest BCUT2D eigenvalue weighted by atomic mass is 9.95. The zero-order valence-electron chi connectivity index (χ0n) is 24.6. The van der Waals surface area contributed by atoms with Crippen LogP contribution in [0.15, 0.2) is 84.9 Å². The normalized spacial score (nSPS) is 14.0. The van der Waals surface area contributed by atoms with E-state index in [1.165, 1.54) is 0 Å². The van der Waals surface area contributed by atoms with E-state index in [0.717, 1.165) is 22.3 Å². The van der Waals surface area contributed by atoms with Gasteiger partial charge in [-0.15, -0.1) is 0 Å². The van der Waals surface area contributed by atoms with Crippen LogP contribution in [0, 0.1) is 6.92 Å². The predicted octanol–water partition coefficient (Wildman–Crippen LogP) is 7.13. The van der Waals surface area contributed by atoms with E-state index >= 15 is 0 Å². The van der Waals surface area contributed by atoms with E-state index in [9.17, 15) is 9.90 Å². The molecule has 1 aromatic heterocycles. The minimum absolute atomic E-state index is 0.0381. The second kappa shape index (κ2) is 12.3. The SMILES string of the molecule is COc1ccc(CCN2C(=O)c3[nH]nc(-c4cc(Cl)c(C)cc4O)c3C2c2cccc(OCc3ccccc3)c2)cc1OC. The molecule has 9 heteroatoms. The van der Waals surface area contributed by atoms with Crippen molar-refractivity contribution >= 4 is 17.5 Å². The van der Waals surface area contributed by atoms with Gasteiger partial charge >= 0.3 is 0 Å². The van der Waals surface area contributed by atoms with Crippen molar-refractivity contribution in [1.82, 2.24) is 15.1 Å². The van der Waals surface area contributed by atoms with E-state index < -0.39 is 6.04 Å². The van der Waals surface area contributed by atoms with Gasteiger partial charge in [-0.2, -0.15) is 5.10 Å². The molecule has 0 saturated heterocycles. The Morgan fingerprint density at radius 1 is 0.932 bits per heavy atom. The number of methoxy groups -OCH3 is 2. The zero-order chi connectivity index (χ0) is 30.8. The third kappa shape index (κ3) is 5.56. The maximum absolute atomic E-state index is 14.0. The lowest BCUT2D eigenvalue weighted by Crippen LogP contribution is -2.31. The largest absolute Gasteiger partial charge is 0.507 e. The summed E-state index contributed by atoms with van der Waals surface area (Å²) in [5.41, 5.74) is 5.63. The molecule has 1 unspecified atom stereocenters. The first-order valence-corrected chi connectivity index (χ1v) is 14.6. The molecule has 1 aliphatic heterocycles. The van der Waals surface area contributed by atoms with E-state index in [1.54, 1.807) is 26.4 Å². The molecule has 0 radical (unpaired) electrons. The van der Waals surface area contributed by atoms with Gasteiger partial charge in [0.05, 0.1) is 20.3 Å². The van der Waals surface area contributed by atoms with Gasteiger partial charge in [-0.1, -0.05) is 60.1 Å². The Balaban J connectivity index is 1.38. The molecule has 2 heterocycles. The number of hydrogen-bond acceptors (Lipinski definition) is 6. The number of phenols is 1. The summed E-state index contributed by atoms with van der Waals surface area (Å²) < 4.78 is 17.0. The number of halogens is 1. The van der Waals surface area contributed by atoms with E-state index in [2.05, 4.69) is 10.2 Å². The molecular weight excluding hydrogens is 578 g/mol. The number of H-pyrrole nitrogens is 1. The molecule has 0 saturated carbocycles. The van der Waals surface area contributed by atoms with Crippen LogP contribution in [-0.2, 0) is 13.0 Å². The minimum atomic E-state index is -0.494. The van der Waals surface area contributed by atoms with Crippen LogP contribution in [0.2, 0.25) is 5.02 Å². The van der Waals surface area contributed by atoms with E-state index in [4.69, 9.17) is 25.8 Å². The van der Waals surface area contributed by atoms with Crippen LogP contribution in [0.5, 0.6) is 23.0 Å². The van der Waals surface area contributed by atoms with Crippen LogP contribution in [0.3, 0.4) is 0 Å². The topological polar surface area (TPSA) is 96.9 Å². The van der Waals surface area contributed by atoms with Crippen LogP contribution in [0.1, 0.15) is 44.3 Å². The van der Waals surface area contributed by atoms with Gasteiger partial charge < -0.3 is 24.2 Å². The number of carbonyl (C=O) groups is 1. The summed E-state index contributed by atoms with van der Waals surface area (Å²) in [5, 5.41) is 18.9. The zero-order valence-corrected chi connectivity index (χ0v) is 25.4. The molecule has 1 amide bonds. The van der Waals surface area contributed by atoms with Crippen molar-refractivity contribution in [1.29, 1.82) is 0 Å². The first kappa shape index (κ1) is 29.1. The monoisotopic (exact) mass is 609 g/mol. The molecular formula is C35H32ClN3O5. The number of aryl methyl sites for hydroxylation is 1. The van der Waals surface area contributed by atoms with Crippen molar-refractivity contribution in [2.75, 3.05) is 20.8 Å². The van der Waals surface area contributed by atoms with Gasteiger partial charge in [-0.05, 0) is 72.0 Å². The highest BCUT2D eigenvalue weighted by Gasteiger charge is 2.42. The average molecular weight is 610 g/mol. The number of aromatic nitrogens is 2. The van der Waals surface area contributed by atoms with E-state index in [-0.39, 0.29) is 11.7 Å². The summed E-state index contributed by atoms with van der Waals surface area (Å²) in [6, 6.07) is 26.3. The molecule has 1 atom stereocenters. The third-order valence-electron chi connectivity index (χ3n) is 7.91. The summed E-state index contributed by atoms with van der Waals surface area (Å²) >= 11 is 6.47. The standard InChI is InChI=1S/C35H32ClN3O5/c1-21-16-28(40)26(19-27(21)36)32-31-33(38-37-32)35(41)39(15-14-22-12-13-29(42-2)30(17-22)43-3)34(31)24-10-7-11-25(18-24)44-20-23-8-5-4-6-9-23/h4-13,16-19,34,40H,14-15,20H2,1-3H3,(H,37,38). The Morgan fingerprint density at radius 2 is 1.73 bits per heavy atom. The van der Waals surface area contributed by atoms with Crippen molar-refractivity contribution in [3.8, 4) is 34.3 Å². The maximum Gasteiger partial charge on any atom is 0.273 e. The maximum atomic E-state index is 14.0. The highest BCUT2D eigenvalue weighted by atomic mass is 35.5. The summed E-state index contributed by atoms with van der Waals surface area (Å²) in [7, 11) is 3.20. The van der Waals surface area contributed by atoms with Crippen LogP contribution in [0.4, 0.5) is 0 Å². The lowest BCUT2D eigenvalue weighted by molar-refractivity contribution is 0.0745. The molecule has 224 valence electrons. The van der Waals surface area contributed by atoms with E-state index in [0.29, 0.717) is 64.4 Å². The van der Waals surface area contributed by atoms with Crippen molar-refractivity contribution in [3.05, 3.63) is 123 Å². The summed E-state index contributed by atoms with van der Waals surface area (Å²) in [4.78, 5) is 15.8. The fourth-order valence-corrected chi connectivity index (χ4v) is 5.80. The predicted molar refractivity (Wildman–Crippen MR) is 169 cm³/mol. The highest BCUT2D eigenvalue weighted by molar-refractivity contribution is 6.31. The third-order valence-corrected chi connectivity index (χ3v) is 8.31. The van der Waals surface area contributed by atoms with Crippen LogP contribution < -0.4 is 14.2 Å². The summed E-state index contributed by atoms with van der Waals surface area (Å²) in [6.45, 7) is 2.65.